The summed E-state index contributed by atoms with van der Waals surface area (Å²) >= 11 is 0. The van der Waals surface area contributed by atoms with Gasteiger partial charge in [0.25, 0.3) is 0 Å². The Hall–Kier alpha value is -0.820. The molecule has 1 aromatic carbocycles. The zero-order valence-electron chi connectivity index (χ0n) is 7.12. The second kappa shape index (κ2) is 3.28. The predicted molar refractivity (Wildman–Crippen MR) is 49.1 cm³/mol. The second-order valence-electron chi connectivity index (χ2n) is 3.23. The van der Waals surface area contributed by atoms with Gasteiger partial charge in [-0.25, -0.2) is 0 Å². The van der Waals surface area contributed by atoms with E-state index >= 15 is 0 Å². The van der Waals surface area contributed by atoms with E-state index in [1.54, 1.807) is 0 Å². The van der Waals surface area contributed by atoms with Crippen LogP contribution in [0.4, 0.5) is 0 Å². The number of ether oxygens (including phenoxy) is 1. The quantitative estimate of drug-likeness (QED) is 0.604. The third kappa shape index (κ3) is 1.37. The molecule has 1 heterocycles. The van der Waals surface area contributed by atoms with Crippen LogP contribution >= 0.6 is 0 Å². The lowest BCUT2D eigenvalue weighted by Gasteiger charge is -2.26. The number of hydrogen-bond donors (Lipinski definition) is 0. The molecule has 0 saturated carbocycles. The molecule has 1 aliphatic heterocycles. The van der Waals surface area contributed by atoms with Crippen molar-refractivity contribution in [2.45, 2.75) is 12.3 Å². The van der Waals surface area contributed by atoms with Crippen LogP contribution in [0.15, 0.2) is 24.3 Å². The van der Waals surface area contributed by atoms with E-state index in [-0.39, 0.29) is 0 Å². The molecule has 1 heteroatoms. The standard InChI is InChI=1S/C11H13O/c1-2-9-3-5-10(6-4-9)11-7-12-8-11/h3-6,11H,1-2,7-8H2/q-1. The summed E-state index contributed by atoms with van der Waals surface area (Å²) in [6, 6.07) is 8.68. The molecule has 1 aliphatic rings. The van der Waals surface area contributed by atoms with Gasteiger partial charge in [-0.2, -0.15) is 6.42 Å². The van der Waals surface area contributed by atoms with Crippen LogP contribution in [-0.2, 0) is 11.2 Å². The summed E-state index contributed by atoms with van der Waals surface area (Å²) in [6.07, 6.45) is 0.876. The highest BCUT2D eigenvalue weighted by atomic mass is 16.5. The highest BCUT2D eigenvalue weighted by Gasteiger charge is 2.19. The molecule has 0 aliphatic carbocycles. The molecule has 2 rings (SSSR count). The van der Waals surface area contributed by atoms with Crippen molar-refractivity contribution in [3.63, 3.8) is 0 Å². The summed E-state index contributed by atoms with van der Waals surface area (Å²) in [5.74, 6) is 0.642. The van der Waals surface area contributed by atoms with E-state index in [1.807, 2.05) is 0 Å². The van der Waals surface area contributed by atoms with E-state index in [4.69, 9.17) is 4.74 Å². The first kappa shape index (κ1) is 7.81. The fourth-order valence-electron chi connectivity index (χ4n) is 1.38. The van der Waals surface area contributed by atoms with Crippen LogP contribution < -0.4 is 0 Å². The molecule has 1 fully saturated rings. The maximum Gasteiger partial charge on any atom is 0.0557 e. The Kier molecular flexibility index (Phi) is 2.13. The van der Waals surface area contributed by atoms with Crippen molar-refractivity contribution in [1.29, 1.82) is 0 Å². The van der Waals surface area contributed by atoms with Crippen LogP contribution in [-0.4, -0.2) is 13.2 Å². The summed E-state index contributed by atoms with van der Waals surface area (Å²) in [5.41, 5.74) is 2.71. The van der Waals surface area contributed by atoms with Crippen LogP contribution in [0.25, 0.3) is 0 Å². The summed E-state index contributed by atoms with van der Waals surface area (Å²) in [5, 5.41) is 0. The Balaban J connectivity index is 2.13. The maximum atomic E-state index is 5.13. The fourth-order valence-corrected chi connectivity index (χ4v) is 1.38. The highest BCUT2D eigenvalue weighted by Crippen LogP contribution is 2.23. The molecule has 0 N–H and O–H groups in total. The monoisotopic (exact) mass is 161 g/mol. The zero-order valence-corrected chi connectivity index (χ0v) is 7.12. The van der Waals surface area contributed by atoms with Crippen LogP contribution in [0.3, 0.4) is 0 Å². The number of benzene rings is 1. The van der Waals surface area contributed by atoms with E-state index in [0.717, 1.165) is 19.6 Å². The minimum absolute atomic E-state index is 0.642. The second-order valence-corrected chi connectivity index (χ2v) is 3.23. The van der Waals surface area contributed by atoms with Crippen LogP contribution in [0.2, 0.25) is 0 Å². The molecule has 0 aromatic heterocycles. The summed E-state index contributed by atoms with van der Waals surface area (Å²) < 4.78 is 5.13. The first-order valence-corrected chi connectivity index (χ1v) is 4.36. The molecule has 0 bridgehead atoms. The molecule has 0 unspecified atom stereocenters. The van der Waals surface area contributed by atoms with Crippen molar-refractivity contribution < 1.29 is 4.74 Å². The molecule has 0 atom stereocenters. The lowest BCUT2D eigenvalue weighted by atomic mass is 9.96. The van der Waals surface area contributed by atoms with Gasteiger partial charge in [0.2, 0.25) is 0 Å². The Labute approximate surface area is 73.4 Å². The maximum absolute atomic E-state index is 5.13. The average Bonchev–Trinajstić information content (AvgIpc) is 2.03. The molecule has 12 heavy (non-hydrogen) atoms. The van der Waals surface area contributed by atoms with E-state index in [1.165, 1.54) is 11.1 Å². The highest BCUT2D eigenvalue weighted by molar-refractivity contribution is 5.26. The van der Waals surface area contributed by atoms with Crippen molar-refractivity contribution in [2.75, 3.05) is 13.2 Å². The average molecular weight is 161 g/mol. The van der Waals surface area contributed by atoms with Crippen molar-refractivity contribution >= 4 is 0 Å². The van der Waals surface area contributed by atoms with Gasteiger partial charge in [-0.05, 0) is 5.56 Å². The molecule has 1 saturated heterocycles. The number of rotatable bonds is 2. The normalized spacial score (nSPS) is 17.4. The molecular weight excluding hydrogens is 148 g/mol. The molecule has 0 radical (unpaired) electrons. The Morgan fingerprint density at radius 3 is 2.33 bits per heavy atom. The largest absolute Gasteiger partial charge is 0.380 e. The smallest absolute Gasteiger partial charge is 0.0557 e. The van der Waals surface area contributed by atoms with Crippen molar-refractivity contribution in [2.24, 2.45) is 0 Å². The SMILES string of the molecule is [CH2-]Cc1ccc(C2COC2)cc1. The predicted octanol–water partition coefficient (Wildman–Crippen LogP) is 2.18. The van der Waals surface area contributed by atoms with E-state index in [2.05, 4.69) is 31.2 Å². The fraction of sp³-hybridized carbons (Fsp3) is 0.364. The van der Waals surface area contributed by atoms with Gasteiger partial charge in [-0.3, -0.25) is 0 Å². The topological polar surface area (TPSA) is 9.23 Å². The van der Waals surface area contributed by atoms with Gasteiger partial charge in [0.1, 0.15) is 0 Å². The summed E-state index contributed by atoms with van der Waals surface area (Å²) in [4.78, 5) is 0. The van der Waals surface area contributed by atoms with Crippen molar-refractivity contribution in [1.82, 2.24) is 0 Å². The van der Waals surface area contributed by atoms with Crippen LogP contribution in [0, 0.1) is 6.92 Å². The molecule has 0 spiro atoms. The minimum Gasteiger partial charge on any atom is -0.380 e. The Morgan fingerprint density at radius 1 is 1.25 bits per heavy atom. The van der Waals surface area contributed by atoms with Gasteiger partial charge < -0.3 is 11.7 Å². The third-order valence-electron chi connectivity index (χ3n) is 2.38. The Bertz CT molecular complexity index is 246. The molecule has 64 valence electrons. The summed E-state index contributed by atoms with van der Waals surface area (Å²) in [6.45, 7) is 5.63. The van der Waals surface area contributed by atoms with Gasteiger partial charge in [0, 0.05) is 5.92 Å². The first-order valence-electron chi connectivity index (χ1n) is 4.36. The molecular formula is C11H13O-. The van der Waals surface area contributed by atoms with E-state index < -0.39 is 0 Å². The number of hydrogen-bond acceptors (Lipinski definition) is 1. The lowest BCUT2D eigenvalue weighted by Crippen LogP contribution is -2.24. The van der Waals surface area contributed by atoms with Gasteiger partial charge in [-0.1, -0.05) is 29.8 Å². The molecule has 1 aromatic rings. The summed E-state index contributed by atoms with van der Waals surface area (Å²) in [7, 11) is 0. The van der Waals surface area contributed by atoms with Gasteiger partial charge >= 0.3 is 0 Å². The Morgan fingerprint density at radius 2 is 1.92 bits per heavy atom. The third-order valence-corrected chi connectivity index (χ3v) is 2.38. The minimum atomic E-state index is 0.642. The lowest BCUT2D eigenvalue weighted by molar-refractivity contribution is 0.00842. The molecule has 0 amide bonds. The first-order chi connectivity index (χ1) is 5.90. The van der Waals surface area contributed by atoms with Crippen LogP contribution in [0.1, 0.15) is 17.0 Å². The van der Waals surface area contributed by atoms with Gasteiger partial charge in [0.05, 0.1) is 13.2 Å². The van der Waals surface area contributed by atoms with Crippen molar-refractivity contribution in [3.05, 3.63) is 42.3 Å². The molecule has 1 nitrogen and oxygen atoms in total. The van der Waals surface area contributed by atoms with Crippen LogP contribution in [0.5, 0.6) is 0 Å². The van der Waals surface area contributed by atoms with E-state index in [9.17, 15) is 0 Å². The van der Waals surface area contributed by atoms with Gasteiger partial charge in [-0.15, -0.1) is 0 Å². The van der Waals surface area contributed by atoms with Gasteiger partial charge in [0.15, 0.2) is 0 Å². The van der Waals surface area contributed by atoms with Crippen molar-refractivity contribution in [3.8, 4) is 0 Å². The van der Waals surface area contributed by atoms with E-state index in [0.29, 0.717) is 5.92 Å². The zero-order chi connectivity index (χ0) is 8.39.